The molecule has 2 aromatic rings. The van der Waals surface area contributed by atoms with Crippen LogP contribution < -0.4 is 0 Å². The summed E-state index contributed by atoms with van der Waals surface area (Å²) in [6, 6.07) is 22.2. The molecule has 0 spiro atoms. The van der Waals surface area contributed by atoms with Crippen LogP contribution in [0.3, 0.4) is 0 Å². The lowest BCUT2D eigenvalue weighted by Crippen LogP contribution is -2.36. The summed E-state index contributed by atoms with van der Waals surface area (Å²) in [5.41, 5.74) is 2.09. The van der Waals surface area contributed by atoms with Gasteiger partial charge in [0.1, 0.15) is 0 Å². The van der Waals surface area contributed by atoms with E-state index in [2.05, 4.69) is 97.1 Å². The lowest BCUT2D eigenvalue weighted by atomic mass is 9.70. The zero-order valence-corrected chi connectivity index (χ0v) is 19.2. The molecule has 1 unspecified atom stereocenters. The Hall–Kier alpha value is -1.63. The molecule has 150 valence electrons. The van der Waals surface area contributed by atoms with Crippen LogP contribution in [0.1, 0.15) is 51.7 Å². The van der Waals surface area contributed by atoms with E-state index in [-0.39, 0.29) is 5.92 Å². The Morgan fingerprint density at radius 2 is 1.61 bits per heavy atom. The number of rotatable bonds is 10. The minimum atomic E-state index is -0.428. The van der Waals surface area contributed by atoms with Crippen LogP contribution in [0.25, 0.3) is 0 Å². The van der Waals surface area contributed by atoms with Crippen molar-refractivity contribution >= 4 is 15.9 Å². The monoisotopic (exact) mass is 440 g/mol. The summed E-state index contributed by atoms with van der Waals surface area (Å²) >= 11 is 3.51. The van der Waals surface area contributed by atoms with Crippen LogP contribution in [-0.2, 0) is 11.8 Å². The largest absolute Gasteiger partial charge is 0.301 e. The molecule has 0 aliphatic carbocycles. The lowest BCUT2D eigenvalue weighted by molar-refractivity contribution is 0.210. The van der Waals surface area contributed by atoms with E-state index in [0.29, 0.717) is 6.04 Å². The summed E-state index contributed by atoms with van der Waals surface area (Å²) in [5, 5.41) is 10.1. The van der Waals surface area contributed by atoms with Gasteiger partial charge in [0.15, 0.2) is 0 Å². The minimum Gasteiger partial charge on any atom is -0.301 e. The molecule has 0 aliphatic rings. The summed E-state index contributed by atoms with van der Waals surface area (Å²) in [6.45, 7) is 10.9. The van der Waals surface area contributed by atoms with Gasteiger partial charge in [0.25, 0.3) is 0 Å². The summed E-state index contributed by atoms with van der Waals surface area (Å²) in [5.74, 6) is 0.274. The van der Waals surface area contributed by atoms with Crippen LogP contribution in [0.15, 0.2) is 59.1 Å². The van der Waals surface area contributed by atoms with E-state index in [1.807, 2.05) is 12.1 Å². The third-order valence-electron chi connectivity index (χ3n) is 5.82. The standard InChI is InChI=1S/C25H33BrN2/c1-20(2)25(19-27,23-11-13-24(26)14-12-23)16-8-17-28(21(3)4)18-15-22-9-6-5-7-10-22/h5-7,9-14,20-21H,8,15-18H2,1-4H3. The van der Waals surface area contributed by atoms with Gasteiger partial charge in [0, 0.05) is 17.1 Å². The Labute approximate surface area is 179 Å². The van der Waals surface area contributed by atoms with E-state index >= 15 is 0 Å². The van der Waals surface area contributed by atoms with Crippen molar-refractivity contribution in [1.82, 2.24) is 4.90 Å². The van der Waals surface area contributed by atoms with Gasteiger partial charge in [-0.15, -0.1) is 0 Å². The van der Waals surface area contributed by atoms with Crippen molar-refractivity contribution in [3.63, 3.8) is 0 Å². The van der Waals surface area contributed by atoms with Gasteiger partial charge in [0.05, 0.1) is 11.5 Å². The molecule has 2 rings (SSSR count). The molecule has 0 heterocycles. The first kappa shape index (κ1) is 22.7. The highest BCUT2D eigenvalue weighted by Crippen LogP contribution is 2.37. The first-order valence-electron chi connectivity index (χ1n) is 10.3. The molecule has 0 radical (unpaired) electrons. The van der Waals surface area contributed by atoms with Gasteiger partial charge >= 0.3 is 0 Å². The Morgan fingerprint density at radius 3 is 2.14 bits per heavy atom. The third kappa shape index (κ3) is 5.93. The van der Waals surface area contributed by atoms with Crippen molar-refractivity contribution in [3.05, 3.63) is 70.2 Å². The Morgan fingerprint density at radius 1 is 0.964 bits per heavy atom. The van der Waals surface area contributed by atoms with Crippen molar-refractivity contribution in [2.45, 2.75) is 58.4 Å². The normalized spacial score (nSPS) is 13.7. The van der Waals surface area contributed by atoms with Gasteiger partial charge in [0.2, 0.25) is 0 Å². The first-order chi connectivity index (χ1) is 13.4. The average molecular weight is 441 g/mol. The summed E-state index contributed by atoms with van der Waals surface area (Å²) in [6.07, 6.45) is 2.98. The van der Waals surface area contributed by atoms with Gasteiger partial charge in [-0.2, -0.15) is 5.26 Å². The second-order valence-corrected chi connectivity index (χ2v) is 9.13. The highest BCUT2D eigenvalue weighted by molar-refractivity contribution is 9.10. The molecule has 28 heavy (non-hydrogen) atoms. The number of benzene rings is 2. The zero-order valence-electron chi connectivity index (χ0n) is 17.7. The fourth-order valence-corrected chi connectivity index (χ4v) is 4.13. The molecular weight excluding hydrogens is 408 g/mol. The summed E-state index contributed by atoms with van der Waals surface area (Å²) < 4.78 is 1.05. The minimum absolute atomic E-state index is 0.274. The van der Waals surface area contributed by atoms with Crippen molar-refractivity contribution in [2.75, 3.05) is 13.1 Å². The van der Waals surface area contributed by atoms with Gasteiger partial charge in [-0.25, -0.2) is 0 Å². The van der Waals surface area contributed by atoms with Crippen LogP contribution in [0.2, 0.25) is 0 Å². The van der Waals surface area contributed by atoms with Gasteiger partial charge in [-0.3, -0.25) is 0 Å². The lowest BCUT2D eigenvalue weighted by Gasteiger charge is -2.33. The van der Waals surface area contributed by atoms with Crippen LogP contribution in [0.5, 0.6) is 0 Å². The molecule has 0 aliphatic heterocycles. The van der Waals surface area contributed by atoms with E-state index < -0.39 is 5.41 Å². The highest BCUT2D eigenvalue weighted by atomic mass is 79.9. The average Bonchev–Trinajstić information content (AvgIpc) is 2.69. The van der Waals surface area contributed by atoms with Crippen molar-refractivity contribution in [3.8, 4) is 6.07 Å². The molecule has 1 atom stereocenters. The van der Waals surface area contributed by atoms with Crippen LogP contribution in [0, 0.1) is 17.2 Å². The molecular formula is C25H33BrN2. The summed E-state index contributed by atoms with van der Waals surface area (Å²) in [4.78, 5) is 2.54. The van der Waals surface area contributed by atoms with Crippen LogP contribution in [0.4, 0.5) is 0 Å². The fraction of sp³-hybridized carbons (Fsp3) is 0.480. The Kier molecular flexibility index (Phi) is 8.73. The topological polar surface area (TPSA) is 27.0 Å². The quantitative estimate of drug-likeness (QED) is 0.415. The van der Waals surface area contributed by atoms with Crippen LogP contribution >= 0.6 is 15.9 Å². The van der Waals surface area contributed by atoms with Crippen molar-refractivity contribution in [1.29, 1.82) is 5.26 Å². The predicted molar refractivity (Wildman–Crippen MR) is 122 cm³/mol. The number of nitriles is 1. The molecule has 3 heteroatoms. The maximum absolute atomic E-state index is 10.1. The molecule has 0 saturated carbocycles. The number of hydrogen-bond donors (Lipinski definition) is 0. The van der Waals surface area contributed by atoms with Gasteiger partial charge in [-0.05, 0) is 68.8 Å². The van der Waals surface area contributed by atoms with E-state index in [1.54, 1.807) is 0 Å². The van der Waals surface area contributed by atoms with Crippen LogP contribution in [-0.4, -0.2) is 24.0 Å². The van der Waals surface area contributed by atoms with Crippen molar-refractivity contribution < 1.29 is 0 Å². The molecule has 0 saturated heterocycles. The van der Waals surface area contributed by atoms with E-state index in [4.69, 9.17) is 0 Å². The zero-order chi connectivity index (χ0) is 20.6. The smallest absolute Gasteiger partial charge is 0.0845 e. The molecule has 0 N–H and O–H groups in total. The fourth-order valence-electron chi connectivity index (χ4n) is 3.87. The molecule has 0 fully saturated rings. The number of halogens is 1. The number of hydrogen-bond acceptors (Lipinski definition) is 2. The molecule has 0 amide bonds. The highest BCUT2D eigenvalue weighted by Gasteiger charge is 2.35. The third-order valence-corrected chi connectivity index (χ3v) is 6.35. The molecule has 0 aromatic heterocycles. The summed E-state index contributed by atoms with van der Waals surface area (Å²) in [7, 11) is 0. The molecule has 2 aromatic carbocycles. The maximum Gasteiger partial charge on any atom is 0.0845 e. The van der Waals surface area contributed by atoms with Crippen molar-refractivity contribution in [2.24, 2.45) is 5.92 Å². The first-order valence-corrected chi connectivity index (χ1v) is 11.1. The van der Waals surface area contributed by atoms with Gasteiger partial charge < -0.3 is 4.90 Å². The van der Waals surface area contributed by atoms with E-state index in [1.165, 1.54) is 5.56 Å². The SMILES string of the molecule is CC(C)N(CCCC(C#N)(c1ccc(Br)cc1)C(C)C)CCc1ccccc1. The van der Waals surface area contributed by atoms with Gasteiger partial charge in [-0.1, -0.05) is 72.2 Å². The number of nitrogens with zero attached hydrogens (tertiary/aromatic N) is 2. The predicted octanol–water partition coefficient (Wildman–Crippen LogP) is 6.60. The molecule has 2 nitrogen and oxygen atoms in total. The Bertz CT molecular complexity index is 746. The second kappa shape index (κ2) is 10.8. The molecule has 0 bridgehead atoms. The van der Waals surface area contributed by atoms with E-state index in [9.17, 15) is 5.26 Å². The second-order valence-electron chi connectivity index (χ2n) is 8.21. The Balaban J connectivity index is 2.02. The maximum atomic E-state index is 10.1. The van der Waals surface area contributed by atoms with E-state index in [0.717, 1.165) is 42.4 Å².